The number of ether oxygens (including phenoxy) is 12. The Morgan fingerprint density at radius 1 is 0.393 bits per heavy atom. The molecule has 16 unspecified atom stereocenters. The highest BCUT2D eigenvalue weighted by Crippen LogP contribution is 2.36. The second kappa shape index (κ2) is 43.6. The molecule has 135 heavy (non-hydrogen) atoms. The number of nitrogens with one attached hydrogen (secondary N) is 1. The molecule has 61 heteroatoms. The predicted molar refractivity (Wildman–Crippen MR) is 469 cm³/mol. The maximum atomic E-state index is 11.6. The molecule has 8 aliphatic rings. The summed E-state index contributed by atoms with van der Waals surface area (Å²) >= 11 is 7.39. The SMILES string of the molecule is Cc1nc(N)nc2c1ncn2C1CCC(O)O1.Cc1ncnc2c1ncn2C1CCC(CO)O1.Nc1ccn(C2CCC(CO)O2)c(=O)n1.Nc1ccn(C2CSC(CO)O2)c(=O)n1.Nc1nc(Cl)c2ncn(C3COC(CO)O3)c2n1.Nc1nc(N)c2ncn(C3COC(CO)O3)c2n1.Nc1nc2c(ncn2C2COC(CO)O2)c(=O)[nH]1.Nc1ncc2ncn(C3COC(CO)O3)c2n1. The first-order valence-electron chi connectivity index (χ1n) is 41.3. The van der Waals surface area contributed by atoms with Crippen LogP contribution >= 0.6 is 23.4 Å². The molecule has 0 aromatic carbocycles. The van der Waals surface area contributed by atoms with Crippen LogP contribution in [0.5, 0.6) is 0 Å². The van der Waals surface area contributed by atoms with Crippen molar-refractivity contribution in [2.45, 2.75) is 151 Å². The summed E-state index contributed by atoms with van der Waals surface area (Å²) in [4.78, 5) is 113. The van der Waals surface area contributed by atoms with E-state index in [1.54, 1.807) is 72.5 Å². The van der Waals surface area contributed by atoms with E-state index in [0.717, 1.165) is 48.2 Å². The third-order valence-corrected chi connectivity index (χ3v) is 22.3. The molecule has 8 aliphatic heterocycles. The number of imidazole rings is 6. The predicted octanol–water partition coefficient (Wildman–Crippen LogP) is -3.33. The smallest absolute Gasteiger partial charge is 0.351 e. The average molecular weight is 1920 g/mol. The number of aromatic amines is 1. The van der Waals surface area contributed by atoms with Crippen LogP contribution in [-0.2, 0) is 56.8 Å². The third kappa shape index (κ3) is 22.5. The highest BCUT2D eigenvalue weighted by atomic mass is 35.5. The van der Waals surface area contributed by atoms with Gasteiger partial charge in [-0.2, -0.15) is 44.9 Å². The number of aliphatic hydroxyl groups excluding tert-OH is 8. The van der Waals surface area contributed by atoms with Crippen molar-refractivity contribution in [3.63, 3.8) is 0 Å². The van der Waals surface area contributed by atoms with Crippen molar-refractivity contribution in [3.8, 4) is 0 Å². The summed E-state index contributed by atoms with van der Waals surface area (Å²) in [5.74, 6) is 1.77. The van der Waals surface area contributed by atoms with Crippen molar-refractivity contribution in [2.24, 2.45) is 0 Å². The number of aromatic nitrogens is 28. The second-order valence-electron chi connectivity index (χ2n) is 30.0. The van der Waals surface area contributed by atoms with Crippen molar-refractivity contribution < 1.29 is 97.7 Å². The first-order chi connectivity index (χ1) is 65.2. The van der Waals surface area contributed by atoms with Gasteiger partial charge in [0.05, 0.1) is 140 Å². The largest absolute Gasteiger partial charge is 0.394 e. The Balaban J connectivity index is 0.000000118. The lowest BCUT2D eigenvalue weighted by Crippen LogP contribution is -2.28. The molecular weight excluding hydrogens is 1830 g/mol. The summed E-state index contributed by atoms with van der Waals surface area (Å²) in [7, 11) is 0. The molecule has 22 heterocycles. The summed E-state index contributed by atoms with van der Waals surface area (Å²) in [6.07, 6.45) is 14.0. The van der Waals surface area contributed by atoms with Crippen LogP contribution in [0, 0.1) is 13.8 Å². The van der Waals surface area contributed by atoms with E-state index in [-0.39, 0.29) is 166 Å². The van der Waals surface area contributed by atoms with Gasteiger partial charge >= 0.3 is 11.4 Å². The van der Waals surface area contributed by atoms with Crippen LogP contribution in [0.2, 0.25) is 5.15 Å². The molecule has 22 rings (SSSR count). The van der Waals surface area contributed by atoms with Crippen molar-refractivity contribution in [1.82, 2.24) is 136 Å². The van der Waals surface area contributed by atoms with Crippen LogP contribution in [0.3, 0.4) is 0 Å². The molecule has 8 saturated heterocycles. The summed E-state index contributed by atoms with van der Waals surface area (Å²) in [5.41, 5.74) is 50.8. The number of aliphatic hydroxyl groups is 8. The molecule has 59 nitrogen and oxygen atoms in total. The number of nitrogens with zero attached hydrogens (tertiary/aromatic N) is 27. The van der Waals surface area contributed by atoms with Gasteiger partial charge in [0.2, 0.25) is 29.7 Å². The summed E-state index contributed by atoms with van der Waals surface area (Å²) < 4.78 is 77.6. The average Bonchev–Trinajstić information content (AvgIpc) is 1.65. The van der Waals surface area contributed by atoms with E-state index in [9.17, 15) is 19.5 Å². The molecule has 722 valence electrons. The Morgan fingerprint density at radius 3 is 1.32 bits per heavy atom. The standard InChI is InChI=1S/C11H14N4O2.C10H13N5O2.C9H10ClN5O3.C9H12N6O3.C9H11N5O4.C9H11N5O3.C9H13N3O3.C8H11N3O3S/c1-7-10-11(13-5-12-7)15(6-14-10)9-3-2-8(4-16)17-9;1-5-8-9(14-10(11)13-5)15(4-12-8)6-2-3-7(16)17-6;2*10-7-6-8(14-9(11)13-7)15(3-12-6)4-2-17-5(1-16)18-4;10-9-12-7-6(8(16)13-9)11-3-14(7)4-2-17-5(1-15)18-4;10-9-11-1-5-8(13-9)14(4-12-5)6-3-16-7(2-15)17-6;10-7-3-4-12(9(14)11-7)8-2-1-6(5-13)15-8;9-5-1-2-11(8(13)10-5)6-4-15-7(3-12)14-6/h5-6,8-9,16H,2-4H2,1H3;4,6-7,16H,2-3H2,1H3,(H2,11,13,14);3-5,16H,1-2H2,(H2,11,13,14);3-5,16H,1-2H2,(H4,10,11,13,14);3-5,15H,1-2H2,(H3,10,12,13,16);1,4,6-7,15H,2-3H2,(H2,10,11,13);3-4,6,8,13H,1-2,5H2,(H2,10,11,14);1-2,6-7,12H,3-4H2,(H2,9,10,13). The fraction of sp³-hybridized carbons (Fsp3) is 0.486. The number of rotatable bonds is 15. The molecule has 0 aliphatic carbocycles. The van der Waals surface area contributed by atoms with Gasteiger partial charge in [-0.3, -0.25) is 46.3 Å². The molecule has 0 spiro atoms. The molecule has 0 saturated carbocycles. The molecule has 0 bridgehead atoms. The van der Waals surface area contributed by atoms with Gasteiger partial charge < -0.3 is 144 Å². The fourth-order valence-corrected chi connectivity index (χ4v) is 15.7. The Bertz CT molecular complexity index is 6380. The Kier molecular flexibility index (Phi) is 31.2. The minimum atomic E-state index is -0.710. The summed E-state index contributed by atoms with van der Waals surface area (Å²) in [5, 5.41) is 72.1. The van der Waals surface area contributed by atoms with E-state index in [1.807, 2.05) is 18.4 Å². The molecule has 16 atom stereocenters. The van der Waals surface area contributed by atoms with Crippen LogP contribution in [0.15, 0.2) is 89.4 Å². The quantitative estimate of drug-likeness (QED) is 0.0446. The number of aryl methyl sites for hydroxylation is 2. The van der Waals surface area contributed by atoms with Crippen molar-refractivity contribution in [2.75, 3.05) is 124 Å². The molecule has 14 aromatic rings. The number of hydrogen-bond donors (Lipinski definition) is 17. The number of H-pyrrole nitrogens is 1. The van der Waals surface area contributed by atoms with E-state index in [0.29, 0.717) is 82.1 Å². The van der Waals surface area contributed by atoms with E-state index >= 15 is 0 Å². The molecule has 0 amide bonds. The molecule has 0 radical (unpaired) electrons. The maximum Gasteiger partial charge on any atom is 0.351 e. The van der Waals surface area contributed by atoms with Crippen molar-refractivity contribution >= 4 is 138 Å². The van der Waals surface area contributed by atoms with Gasteiger partial charge in [0.25, 0.3) is 5.56 Å². The topological polar surface area (TPSA) is 832 Å². The Labute approximate surface area is 766 Å². The van der Waals surface area contributed by atoms with Crippen LogP contribution in [0.25, 0.3) is 67.0 Å². The second-order valence-corrected chi connectivity index (χ2v) is 31.5. The van der Waals surface area contributed by atoms with Gasteiger partial charge in [0.1, 0.15) is 75.9 Å². The van der Waals surface area contributed by atoms with Gasteiger partial charge in [0, 0.05) is 24.6 Å². The lowest BCUT2D eigenvalue weighted by atomic mass is 10.2. The van der Waals surface area contributed by atoms with Crippen LogP contribution in [0.4, 0.5) is 47.2 Å². The number of nitrogen functional groups attached to an aromatic ring is 8. The van der Waals surface area contributed by atoms with E-state index in [2.05, 4.69) is 99.7 Å². The summed E-state index contributed by atoms with van der Waals surface area (Å²) in [6.45, 7) is 4.06. The first-order valence-corrected chi connectivity index (χ1v) is 42.8. The van der Waals surface area contributed by atoms with Gasteiger partial charge in [0.15, 0.2) is 107 Å². The van der Waals surface area contributed by atoms with Crippen molar-refractivity contribution in [1.29, 1.82) is 0 Å². The highest BCUT2D eigenvalue weighted by Gasteiger charge is 2.36. The molecule has 25 N–H and O–H groups in total. The number of thioether (sulfide) groups is 1. The van der Waals surface area contributed by atoms with Crippen molar-refractivity contribution in [3.05, 3.63) is 123 Å². The van der Waals surface area contributed by atoms with Gasteiger partial charge in [-0.15, -0.1) is 11.8 Å². The number of halogens is 1. The van der Waals surface area contributed by atoms with Gasteiger partial charge in [-0.05, 0) is 58.1 Å². The third-order valence-electron chi connectivity index (χ3n) is 21.0. The van der Waals surface area contributed by atoms with Crippen LogP contribution in [0.1, 0.15) is 99.7 Å². The van der Waals surface area contributed by atoms with Crippen LogP contribution in [-0.4, -0.2) is 305 Å². The van der Waals surface area contributed by atoms with E-state index in [4.69, 9.17) is 150 Å². The molecule has 14 aromatic heterocycles. The van der Waals surface area contributed by atoms with Crippen LogP contribution < -0.4 is 62.8 Å². The zero-order valence-corrected chi connectivity index (χ0v) is 73.1. The molecular formula is C74H95ClN36O23S. The maximum absolute atomic E-state index is 11.6. The highest BCUT2D eigenvalue weighted by molar-refractivity contribution is 8.00. The molecule has 8 fully saturated rings. The van der Waals surface area contributed by atoms with Gasteiger partial charge in [-0.25, -0.2) is 59.4 Å². The lowest BCUT2D eigenvalue weighted by molar-refractivity contribution is -0.111. The normalized spacial score (nSPS) is 24.5. The number of fused-ring (bicyclic) bond motifs is 6. The summed E-state index contributed by atoms with van der Waals surface area (Å²) in [6, 6.07) is 3.10. The monoisotopic (exact) mass is 1920 g/mol. The fourth-order valence-electron chi connectivity index (χ4n) is 14.5. The number of nitrogens with two attached hydrogens (primary N) is 8. The number of hydrogen-bond acceptors (Lipinski definition) is 51. The lowest BCUT2D eigenvalue weighted by Gasteiger charge is -2.14. The van der Waals surface area contributed by atoms with E-state index in [1.165, 1.54) is 46.2 Å². The minimum Gasteiger partial charge on any atom is -0.394 e. The number of anilines is 8. The van der Waals surface area contributed by atoms with E-state index < -0.39 is 67.1 Å². The Morgan fingerprint density at radius 2 is 0.822 bits per heavy atom. The zero-order valence-electron chi connectivity index (χ0n) is 71.6. The first kappa shape index (κ1) is 96.7. The van der Waals surface area contributed by atoms with Gasteiger partial charge in [-0.1, -0.05) is 11.6 Å². The zero-order chi connectivity index (χ0) is 95.4. The Hall–Kier alpha value is -12.9. The minimum absolute atomic E-state index is 0.00636.